The third-order valence-corrected chi connectivity index (χ3v) is 5.58. The number of halogens is 4. The predicted octanol–water partition coefficient (Wildman–Crippen LogP) is 4.46. The Morgan fingerprint density at radius 2 is 1.93 bits per heavy atom. The number of hydrogen-bond donors (Lipinski definition) is 0. The summed E-state index contributed by atoms with van der Waals surface area (Å²) in [7, 11) is -3.51. The summed E-state index contributed by atoms with van der Waals surface area (Å²) in [6.07, 6.45) is -2.78. The second-order valence-electron chi connectivity index (χ2n) is 6.51. The topological polar surface area (TPSA) is 50.3 Å². The summed E-state index contributed by atoms with van der Waals surface area (Å²) in [6.45, 7) is 0.267. The molecule has 0 radical (unpaired) electrons. The quantitative estimate of drug-likeness (QED) is 0.562. The molecule has 1 aromatic heterocycles. The van der Waals surface area contributed by atoms with Crippen LogP contribution in [0, 0.1) is 0 Å². The number of hydrogen-bond acceptors (Lipinski definition) is 4. The lowest BCUT2D eigenvalue weighted by Gasteiger charge is -2.34. The van der Waals surface area contributed by atoms with Crippen LogP contribution >= 0.6 is 0 Å². The number of sulfone groups is 1. The first kappa shape index (κ1) is 19.6. The molecule has 9 heteroatoms. The minimum atomic E-state index is -4.61. The SMILES string of the molecule is CS(=O)(=O)c1cccc(-c2ncc(C(F)(F)F)cc2N2CCCCC2F)c1. The summed E-state index contributed by atoms with van der Waals surface area (Å²) in [6, 6.07) is 6.64. The number of benzene rings is 1. The van der Waals surface area contributed by atoms with Gasteiger partial charge in [-0.2, -0.15) is 13.2 Å². The van der Waals surface area contributed by atoms with E-state index in [0.717, 1.165) is 12.3 Å². The van der Waals surface area contributed by atoms with Gasteiger partial charge in [0.15, 0.2) is 16.1 Å². The summed E-state index contributed by atoms with van der Waals surface area (Å²) in [5, 5.41) is 0. The highest BCUT2D eigenvalue weighted by molar-refractivity contribution is 7.90. The largest absolute Gasteiger partial charge is 0.417 e. The number of anilines is 1. The van der Waals surface area contributed by atoms with Crippen molar-refractivity contribution in [3.8, 4) is 11.3 Å². The molecule has 3 rings (SSSR count). The van der Waals surface area contributed by atoms with Gasteiger partial charge in [0.25, 0.3) is 0 Å². The summed E-state index contributed by atoms with van der Waals surface area (Å²) in [4.78, 5) is 5.21. The van der Waals surface area contributed by atoms with Crippen LogP contribution in [-0.4, -0.2) is 32.5 Å². The van der Waals surface area contributed by atoms with Gasteiger partial charge in [-0.25, -0.2) is 12.8 Å². The van der Waals surface area contributed by atoms with Gasteiger partial charge in [-0.05, 0) is 37.5 Å². The maximum absolute atomic E-state index is 14.4. The van der Waals surface area contributed by atoms with E-state index in [2.05, 4.69) is 4.98 Å². The summed E-state index contributed by atoms with van der Waals surface area (Å²) in [5.74, 6) is 0. The second-order valence-corrected chi connectivity index (χ2v) is 8.53. The molecule has 0 spiro atoms. The summed E-state index contributed by atoms with van der Waals surface area (Å²) < 4.78 is 77.5. The Kier molecular flexibility index (Phi) is 5.16. The highest BCUT2D eigenvalue weighted by Crippen LogP contribution is 2.38. The first-order chi connectivity index (χ1) is 12.6. The van der Waals surface area contributed by atoms with Crippen molar-refractivity contribution in [1.29, 1.82) is 0 Å². The normalized spacial score (nSPS) is 18.6. The van der Waals surface area contributed by atoms with Gasteiger partial charge >= 0.3 is 6.18 Å². The molecule has 2 heterocycles. The fourth-order valence-electron chi connectivity index (χ4n) is 3.09. The Morgan fingerprint density at radius 3 is 2.56 bits per heavy atom. The average molecular weight is 402 g/mol. The number of nitrogens with zero attached hydrogens (tertiary/aromatic N) is 2. The van der Waals surface area contributed by atoms with Gasteiger partial charge in [0.05, 0.1) is 21.8 Å². The third-order valence-electron chi connectivity index (χ3n) is 4.47. The third kappa shape index (κ3) is 4.23. The van der Waals surface area contributed by atoms with E-state index in [1.165, 1.54) is 23.1 Å². The molecule has 0 saturated carbocycles. The minimum Gasteiger partial charge on any atom is -0.340 e. The Morgan fingerprint density at radius 1 is 1.19 bits per heavy atom. The van der Waals surface area contributed by atoms with Crippen LogP contribution in [0.5, 0.6) is 0 Å². The van der Waals surface area contributed by atoms with E-state index in [1.54, 1.807) is 6.07 Å². The molecular formula is C18H18F4N2O2S. The van der Waals surface area contributed by atoms with Crippen molar-refractivity contribution in [3.05, 3.63) is 42.1 Å². The van der Waals surface area contributed by atoms with Crippen molar-refractivity contribution in [3.63, 3.8) is 0 Å². The zero-order valence-corrected chi connectivity index (χ0v) is 15.3. The standard InChI is InChI=1S/C18H18F4N2O2S/c1-27(25,26)14-6-4-5-12(9-14)17-15(24-8-3-2-7-16(24)19)10-13(11-23-17)18(20,21)22/h4-6,9-11,16H,2-3,7-8H2,1H3. The molecule has 1 fully saturated rings. The van der Waals surface area contributed by atoms with Crippen LogP contribution in [-0.2, 0) is 16.0 Å². The fraction of sp³-hybridized carbons (Fsp3) is 0.389. The predicted molar refractivity (Wildman–Crippen MR) is 93.9 cm³/mol. The van der Waals surface area contributed by atoms with Crippen LogP contribution in [0.4, 0.5) is 23.2 Å². The van der Waals surface area contributed by atoms with Gasteiger partial charge < -0.3 is 4.90 Å². The van der Waals surface area contributed by atoms with Crippen LogP contribution in [0.3, 0.4) is 0 Å². The lowest BCUT2D eigenvalue weighted by molar-refractivity contribution is -0.137. The maximum Gasteiger partial charge on any atom is 0.417 e. The molecule has 1 aliphatic heterocycles. The van der Waals surface area contributed by atoms with Crippen LogP contribution in [0.25, 0.3) is 11.3 Å². The zero-order valence-electron chi connectivity index (χ0n) is 14.5. The molecular weight excluding hydrogens is 384 g/mol. The number of pyridine rings is 1. The molecule has 0 bridgehead atoms. The van der Waals surface area contributed by atoms with Crippen molar-refractivity contribution in [2.45, 2.75) is 36.6 Å². The fourth-order valence-corrected chi connectivity index (χ4v) is 3.75. The molecule has 0 N–H and O–H groups in total. The molecule has 1 atom stereocenters. The van der Waals surface area contributed by atoms with Crippen LogP contribution in [0.15, 0.2) is 41.4 Å². The molecule has 1 aromatic carbocycles. The first-order valence-electron chi connectivity index (χ1n) is 8.36. The Balaban J connectivity index is 2.18. The molecule has 1 saturated heterocycles. The van der Waals surface area contributed by atoms with E-state index in [4.69, 9.17) is 0 Å². The van der Waals surface area contributed by atoms with Gasteiger partial charge in [-0.1, -0.05) is 12.1 Å². The Hall–Kier alpha value is -2.16. The molecule has 1 unspecified atom stereocenters. The van der Waals surface area contributed by atoms with E-state index in [0.29, 0.717) is 24.6 Å². The maximum atomic E-state index is 14.4. The van der Waals surface area contributed by atoms with Crippen molar-refractivity contribution in [2.75, 3.05) is 17.7 Å². The number of alkyl halides is 4. The first-order valence-corrected chi connectivity index (χ1v) is 10.2. The Bertz CT molecular complexity index is 945. The lowest BCUT2D eigenvalue weighted by Crippen LogP contribution is -2.37. The average Bonchev–Trinajstić information content (AvgIpc) is 2.60. The molecule has 146 valence electrons. The van der Waals surface area contributed by atoms with E-state index < -0.39 is 27.9 Å². The van der Waals surface area contributed by atoms with Gasteiger partial charge in [-0.15, -0.1) is 0 Å². The Labute approximate surface area is 154 Å². The van der Waals surface area contributed by atoms with E-state index >= 15 is 0 Å². The highest BCUT2D eigenvalue weighted by atomic mass is 32.2. The van der Waals surface area contributed by atoms with Crippen molar-refractivity contribution in [1.82, 2.24) is 4.98 Å². The van der Waals surface area contributed by atoms with Crippen molar-refractivity contribution < 1.29 is 26.0 Å². The minimum absolute atomic E-state index is 0.0164. The van der Waals surface area contributed by atoms with Crippen molar-refractivity contribution in [2.24, 2.45) is 0 Å². The van der Waals surface area contributed by atoms with Crippen LogP contribution in [0.2, 0.25) is 0 Å². The van der Waals surface area contributed by atoms with Gasteiger partial charge in [0.2, 0.25) is 0 Å². The smallest absolute Gasteiger partial charge is 0.340 e. The van der Waals surface area contributed by atoms with E-state index in [1.807, 2.05) is 0 Å². The lowest BCUT2D eigenvalue weighted by atomic mass is 10.0. The monoisotopic (exact) mass is 402 g/mol. The second kappa shape index (κ2) is 7.10. The molecule has 0 aliphatic carbocycles. The van der Waals surface area contributed by atoms with E-state index in [9.17, 15) is 26.0 Å². The van der Waals surface area contributed by atoms with Gasteiger partial charge in [0, 0.05) is 24.6 Å². The highest BCUT2D eigenvalue weighted by Gasteiger charge is 2.34. The van der Waals surface area contributed by atoms with Crippen LogP contribution < -0.4 is 4.90 Å². The molecule has 27 heavy (non-hydrogen) atoms. The summed E-state index contributed by atoms with van der Waals surface area (Å²) >= 11 is 0. The number of aromatic nitrogens is 1. The van der Waals surface area contributed by atoms with Gasteiger partial charge in [0.1, 0.15) is 0 Å². The molecule has 2 aromatic rings. The molecule has 1 aliphatic rings. The number of rotatable bonds is 3. The van der Waals surface area contributed by atoms with Gasteiger partial charge in [-0.3, -0.25) is 4.98 Å². The zero-order chi connectivity index (χ0) is 19.8. The summed E-state index contributed by atoms with van der Waals surface area (Å²) in [5.41, 5.74) is -0.515. The molecule has 0 amide bonds. The molecule has 4 nitrogen and oxygen atoms in total. The van der Waals surface area contributed by atoms with E-state index in [-0.39, 0.29) is 29.2 Å². The number of piperidine rings is 1. The van der Waals surface area contributed by atoms with Crippen molar-refractivity contribution >= 4 is 15.5 Å². The van der Waals surface area contributed by atoms with Crippen LogP contribution in [0.1, 0.15) is 24.8 Å².